The van der Waals surface area contributed by atoms with E-state index in [2.05, 4.69) is 19.9 Å². The molecule has 1 amide bonds. The fraction of sp³-hybridized carbons (Fsp3) is 0.857. The summed E-state index contributed by atoms with van der Waals surface area (Å²) in [4.78, 5) is 22.5. The molecule has 0 radical (unpaired) electrons. The summed E-state index contributed by atoms with van der Waals surface area (Å²) < 4.78 is 5.53. The lowest BCUT2D eigenvalue weighted by Gasteiger charge is -2.42. The number of hydrogen-bond donors (Lipinski definition) is 0. The van der Waals surface area contributed by atoms with Gasteiger partial charge in [-0.2, -0.15) is 4.98 Å². The molecule has 0 aromatic carbocycles. The van der Waals surface area contributed by atoms with Crippen LogP contribution < -0.4 is 0 Å². The molecule has 0 bridgehead atoms. The lowest BCUT2D eigenvalue weighted by molar-refractivity contribution is -0.146. The lowest BCUT2D eigenvalue weighted by Crippen LogP contribution is -2.51. The van der Waals surface area contributed by atoms with Crippen molar-refractivity contribution in [3.05, 3.63) is 11.7 Å². The first-order valence-corrected chi connectivity index (χ1v) is 11.1. The van der Waals surface area contributed by atoms with E-state index < -0.39 is 0 Å². The average Bonchev–Trinajstić information content (AvgIpc) is 3.36. The Morgan fingerprint density at radius 3 is 2.67 bits per heavy atom. The third-order valence-corrected chi connectivity index (χ3v) is 7.51. The maximum Gasteiger partial charge on any atom is 0.230 e. The maximum atomic E-state index is 13.3. The number of piperidine rings is 1. The molecule has 1 spiro atoms. The Kier molecular flexibility index (Phi) is 4.70. The molecular weight excluding hydrogens is 340 g/mol. The molecule has 2 aliphatic carbocycles. The number of nitrogens with zero attached hydrogens (tertiary/aromatic N) is 4. The molecule has 2 aliphatic heterocycles. The SMILES string of the molecule is O=C1N(CC2CCC2)CCCC12CCN(Cc1noc(C3CCCC3)n1)C2. The highest BCUT2D eigenvalue weighted by Gasteiger charge is 2.48. The second kappa shape index (κ2) is 7.19. The second-order valence-electron chi connectivity index (χ2n) is 9.42. The van der Waals surface area contributed by atoms with Crippen molar-refractivity contribution in [2.75, 3.05) is 26.2 Å². The van der Waals surface area contributed by atoms with Crippen LogP contribution in [0.3, 0.4) is 0 Å². The standard InChI is InChI=1S/C21H32N4O2/c26-20-21(9-4-11-25(20)13-16-5-3-6-16)10-12-24(15-21)14-18-22-19(27-23-18)17-7-1-2-8-17/h16-17H,1-15H2. The van der Waals surface area contributed by atoms with E-state index >= 15 is 0 Å². The van der Waals surface area contributed by atoms with Gasteiger partial charge in [0.1, 0.15) is 0 Å². The maximum absolute atomic E-state index is 13.3. The predicted octanol–water partition coefficient (Wildman–Crippen LogP) is 3.34. The first-order valence-electron chi connectivity index (χ1n) is 11.1. The molecule has 6 nitrogen and oxygen atoms in total. The van der Waals surface area contributed by atoms with E-state index in [4.69, 9.17) is 4.52 Å². The highest BCUT2D eigenvalue weighted by atomic mass is 16.5. The predicted molar refractivity (Wildman–Crippen MR) is 101 cm³/mol. The number of carbonyl (C=O) groups is 1. The first kappa shape index (κ1) is 17.7. The van der Waals surface area contributed by atoms with Gasteiger partial charge in [0.25, 0.3) is 0 Å². The quantitative estimate of drug-likeness (QED) is 0.793. The first-order chi connectivity index (χ1) is 13.2. The molecule has 2 saturated carbocycles. The lowest BCUT2D eigenvalue weighted by atomic mass is 9.77. The van der Waals surface area contributed by atoms with Gasteiger partial charge in [-0.15, -0.1) is 0 Å². The van der Waals surface area contributed by atoms with Gasteiger partial charge in [-0.05, 0) is 57.4 Å². The normalized spacial score (nSPS) is 30.5. The zero-order valence-electron chi connectivity index (χ0n) is 16.4. The number of rotatable bonds is 5. The zero-order valence-corrected chi connectivity index (χ0v) is 16.4. The van der Waals surface area contributed by atoms with Crippen LogP contribution in [0.2, 0.25) is 0 Å². The Morgan fingerprint density at radius 1 is 1.04 bits per heavy atom. The molecule has 1 aromatic rings. The third-order valence-electron chi connectivity index (χ3n) is 7.51. The average molecular weight is 373 g/mol. The molecule has 1 aromatic heterocycles. The van der Waals surface area contributed by atoms with Crippen molar-refractivity contribution >= 4 is 5.91 Å². The number of likely N-dealkylation sites (tertiary alicyclic amines) is 2. The summed E-state index contributed by atoms with van der Waals surface area (Å²) in [5.74, 6) is 3.27. The van der Waals surface area contributed by atoms with E-state index in [0.29, 0.717) is 18.4 Å². The van der Waals surface area contributed by atoms with E-state index in [0.717, 1.165) is 63.1 Å². The van der Waals surface area contributed by atoms with E-state index in [1.165, 1.54) is 44.9 Å². The van der Waals surface area contributed by atoms with E-state index in [1.54, 1.807) is 0 Å². The van der Waals surface area contributed by atoms with Gasteiger partial charge in [0.2, 0.25) is 11.8 Å². The smallest absolute Gasteiger partial charge is 0.230 e. The summed E-state index contributed by atoms with van der Waals surface area (Å²) >= 11 is 0. The summed E-state index contributed by atoms with van der Waals surface area (Å²) in [6, 6.07) is 0. The Bertz CT molecular complexity index is 679. The molecule has 148 valence electrons. The van der Waals surface area contributed by atoms with Gasteiger partial charge in [-0.1, -0.05) is 24.4 Å². The summed E-state index contributed by atoms with van der Waals surface area (Å²) in [6.07, 6.45) is 12.1. The Labute approximate surface area is 161 Å². The minimum Gasteiger partial charge on any atom is -0.342 e. The molecular formula is C21H32N4O2. The van der Waals surface area contributed by atoms with Crippen LogP contribution in [-0.4, -0.2) is 52.0 Å². The number of amides is 1. The summed E-state index contributed by atoms with van der Waals surface area (Å²) in [6.45, 7) is 4.51. The molecule has 2 saturated heterocycles. The van der Waals surface area contributed by atoms with Crippen LogP contribution >= 0.6 is 0 Å². The summed E-state index contributed by atoms with van der Waals surface area (Å²) in [5, 5.41) is 4.23. The van der Waals surface area contributed by atoms with Gasteiger partial charge in [-0.3, -0.25) is 9.69 Å². The topological polar surface area (TPSA) is 62.5 Å². The Balaban J connectivity index is 1.20. The van der Waals surface area contributed by atoms with Crippen LogP contribution in [0.15, 0.2) is 4.52 Å². The zero-order chi connectivity index (χ0) is 18.3. The number of hydrogen-bond acceptors (Lipinski definition) is 5. The largest absolute Gasteiger partial charge is 0.342 e. The molecule has 1 atom stereocenters. The van der Waals surface area contributed by atoms with Gasteiger partial charge in [0.05, 0.1) is 12.0 Å². The molecule has 0 N–H and O–H groups in total. The van der Waals surface area contributed by atoms with Crippen LogP contribution in [0.4, 0.5) is 0 Å². The molecule has 27 heavy (non-hydrogen) atoms. The van der Waals surface area contributed by atoms with Crippen LogP contribution in [0.25, 0.3) is 0 Å². The molecule has 3 heterocycles. The minimum atomic E-state index is -0.153. The van der Waals surface area contributed by atoms with Crippen molar-refractivity contribution < 1.29 is 9.32 Å². The number of carbonyl (C=O) groups excluding carboxylic acids is 1. The van der Waals surface area contributed by atoms with Crippen molar-refractivity contribution in [1.29, 1.82) is 0 Å². The van der Waals surface area contributed by atoms with Crippen molar-refractivity contribution in [3.8, 4) is 0 Å². The van der Waals surface area contributed by atoms with Crippen molar-refractivity contribution in [1.82, 2.24) is 19.9 Å². The Hall–Kier alpha value is -1.43. The van der Waals surface area contributed by atoms with Crippen LogP contribution in [0, 0.1) is 11.3 Å². The van der Waals surface area contributed by atoms with Crippen molar-refractivity contribution in [2.45, 2.75) is 76.7 Å². The van der Waals surface area contributed by atoms with E-state index in [1.807, 2.05) is 0 Å². The minimum absolute atomic E-state index is 0.153. The molecule has 1 unspecified atom stereocenters. The van der Waals surface area contributed by atoms with E-state index in [9.17, 15) is 4.79 Å². The van der Waals surface area contributed by atoms with Gasteiger partial charge < -0.3 is 9.42 Å². The molecule has 4 aliphatic rings. The van der Waals surface area contributed by atoms with Gasteiger partial charge in [0.15, 0.2) is 5.82 Å². The van der Waals surface area contributed by atoms with Gasteiger partial charge in [-0.25, -0.2) is 0 Å². The fourth-order valence-corrected chi connectivity index (χ4v) is 5.66. The highest BCUT2D eigenvalue weighted by Crippen LogP contribution is 2.41. The van der Waals surface area contributed by atoms with Crippen LogP contribution in [0.1, 0.15) is 81.8 Å². The van der Waals surface area contributed by atoms with Crippen LogP contribution in [0.5, 0.6) is 0 Å². The summed E-state index contributed by atoms with van der Waals surface area (Å²) in [7, 11) is 0. The van der Waals surface area contributed by atoms with Crippen molar-refractivity contribution in [2.24, 2.45) is 11.3 Å². The monoisotopic (exact) mass is 372 g/mol. The van der Waals surface area contributed by atoms with Crippen LogP contribution in [-0.2, 0) is 11.3 Å². The molecule has 4 fully saturated rings. The highest BCUT2D eigenvalue weighted by molar-refractivity contribution is 5.84. The summed E-state index contributed by atoms with van der Waals surface area (Å²) in [5.41, 5.74) is -0.153. The second-order valence-corrected chi connectivity index (χ2v) is 9.42. The van der Waals surface area contributed by atoms with E-state index in [-0.39, 0.29) is 5.41 Å². The Morgan fingerprint density at radius 2 is 1.89 bits per heavy atom. The van der Waals surface area contributed by atoms with Gasteiger partial charge >= 0.3 is 0 Å². The molecule has 5 rings (SSSR count). The van der Waals surface area contributed by atoms with Gasteiger partial charge in [0, 0.05) is 25.6 Å². The fourth-order valence-electron chi connectivity index (χ4n) is 5.66. The molecule has 6 heteroatoms. The third kappa shape index (κ3) is 3.41. The van der Waals surface area contributed by atoms with Crippen molar-refractivity contribution in [3.63, 3.8) is 0 Å². The number of aromatic nitrogens is 2.